The molecule has 110 valence electrons. The normalized spacial score (nSPS) is 11.2. The first-order chi connectivity index (χ1) is 10.2. The average Bonchev–Trinajstić information content (AvgIpc) is 3.04. The molecule has 0 aliphatic carbocycles. The number of thiazole rings is 1. The van der Waals surface area contributed by atoms with Gasteiger partial charge in [-0.3, -0.25) is 4.40 Å². The minimum absolute atomic E-state index is 0.634. The van der Waals surface area contributed by atoms with Crippen LogP contribution in [0.3, 0.4) is 0 Å². The van der Waals surface area contributed by atoms with Crippen molar-refractivity contribution in [2.75, 3.05) is 18.5 Å². The number of fused-ring (bicyclic) bond motifs is 1. The maximum absolute atomic E-state index is 5.76. The van der Waals surface area contributed by atoms with Crippen LogP contribution in [0.15, 0.2) is 35.8 Å². The zero-order valence-corrected chi connectivity index (χ0v) is 13.2. The fraction of sp³-hybridized carbons (Fsp3) is 0.312. The van der Waals surface area contributed by atoms with Gasteiger partial charge in [-0.1, -0.05) is 29.8 Å². The molecular weight excluding hydrogens is 280 g/mol. The molecular formula is C16H20N4S. The third-order valence-electron chi connectivity index (χ3n) is 3.62. The molecule has 0 atom stereocenters. The smallest absolute Gasteiger partial charge is 0.195 e. The lowest BCUT2D eigenvalue weighted by molar-refractivity contribution is 0.858. The van der Waals surface area contributed by atoms with Gasteiger partial charge in [-0.25, -0.2) is 4.98 Å². The molecule has 0 spiro atoms. The summed E-state index contributed by atoms with van der Waals surface area (Å²) in [6.07, 6.45) is 2.91. The van der Waals surface area contributed by atoms with Crippen LogP contribution in [-0.2, 0) is 13.0 Å². The predicted molar refractivity (Wildman–Crippen MR) is 89.1 cm³/mol. The molecule has 1 aromatic carbocycles. The van der Waals surface area contributed by atoms with Gasteiger partial charge in [0.15, 0.2) is 10.8 Å². The van der Waals surface area contributed by atoms with E-state index in [0.29, 0.717) is 6.54 Å². The Bertz CT molecular complexity index is 726. The van der Waals surface area contributed by atoms with E-state index in [1.165, 1.54) is 16.8 Å². The molecule has 2 heterocycles. The Labute approximate surface area is 128 Å². The van der Waals surface area contributed by atoms with Crippen molar-refractivity contribution in [1.82, 2.24) is 9.38 Å². The molecule has 5 heteroatoms. The van der Waals surface area contributed by atoms with Crippen molar-refractivity contribution in [2.24, 2.45) is 5.73 Å². The van der Waals surface area contributed by atoms with Crippen LogP contribution in [0.2, 0.25) is 0 Å². The van der Waals surface area contributed by atoms with Gasteiger partial charge in [-0.05, 0) is 19.0 Å². The fourth-order valence-corrected chi connectivity index (χ4v) is 3.27. The quantitative estimate of drug-likeness (QED) is 0.788. The van der Waals surface area contributed by atoms with Crippen LogP contribution in [0.4, 0.5) is 5.82 Å². The van der Waals surface area contributed by atoms with Gasteiger partial charge in [0, 0.05) is 31.6 Å². The summed E-state index contributed by atoms with van der Waals surface area (Å²) in [4.78, 5) is 7.99. The SMILES string of the molecule is Cc1ccc(CN(C)c2nc3sccn3c2CCN)cc1. The maximum atomic E-state index is 5.76. The van der Waals surface area contributed by atoms with E-state index >= 15 is 0 Å². The number of hydrogen-bond donors (Lipinski definition) is 1. The summed E-state index contributed by atoms with van der Waals surface area (Å²) in [5.41, 5.74) is 9.53. The number of aryl methyl sites for hydroxylation is 1. The molecule has 0 aliphatic heterocycles. The van der Waals surface area contributed by atoms with Crippen LogP contribution in [0.1, 0.15) is 16.8 Å². The number of imidazole rings is 1. The summed E-state index contributed by atoms with van der Waals surface area (Å²) >= 11 is 1.66. The van der Waals surface area contributed by atoms with E-state index in [9.17, 15) is 0 Å². The van der Waals surface area contributed by atoms with Gasteiger partial charge in [0.2, 0.25) is 0 Å². The van der Waals surface area contributed by atoms with E-state index in [1.54, 1.807) is 11.3 Å². The second-order valence-corrected chi connectivity index (χ2v) is 6.19. The number of nitrogens with two attached hydrogens (primary N) is 1. The zero-order valence-electron chi connectivity index (χ0n) is 12.4. The largest absolute Gasteiger partial charge is 0.354 e. The Hall–Kier alpha value is -1.85. The van der Waals surface area contributed by atoms with Crippen molar-refractivity contribution in [1.29, 1.82) is 0 Å². The first-order valence-electron chi connectivity index (χ1n) is 7.10. The van der Waals surface area contributed by atoms with E-state index in [0.717, 1.165) is 23.7 Å². The van der Waals surface area contributed by atoms with Gasteiger partial charge in [0.1, 0.15) is 0 Å². The first-order valence-corrected chi connectivity index (χ1v) is 7.98. The Morgan fingerprint density at radius 1 is 1.29 bits per heavy atom. The molecule has 0 fully saturated rings. The van der Waals surface area contributed by atoms with Crippen LogP contribution in [0, 0.1) is 6.92 Å². The Kier molecular flexibility index (Phi) is 3.94. The molecule has 2 N–H and O–H groups in total. The number of nitrogens with zero attached hydrogens (tertiary/aromatic N) is 3. The van der Waals surface area contributed by atoms with Crippen LogP contribution < -0.4 is 10.6 Å². The van der Waals surface area contributed by atoms with Crippen molar-refractivity contribution in [3.8, 4) is 0 Å². The number of aromatic nitrogens is 2. The zero-order chi connectivity index (χ0) is 14.8. The van der Waals surface area contributed by atoms with Gasteiger partial charge in [-0.15, -0.1) is 11.3 Å². The van der Waals surface area contributed by atoms with Crippen LogP contribution in [-0.4, -0.2) is 23.0 Å². The molecule has 21 heavy (non-hydrogen) atoms. The third-order valence-corrected chi connectivity index (χ3v) is 4.38. The summed E-state index contributed by atoms with van der Waals surface area (Å²) in [7, 11) is 2.09. The van der Waals surface area contributed by atoms with Gasteiger partial charge in [-0.2, -0.15) is 0 Å². The highest BCUT2D eigenvalue weighted by atomic mass is 32.1. The highest BCUT2D eigenvalue weighted by molar-refractivity contribution is 7.15. The van der Waals surface area contributed by atoms with Crippen molar-refractivity contribution in [2.45, 2.75) is 19.9 Å². The van der Waals surface area contributed by atoms with Gasteiger partial charge in [0.25, 0.3) is 0 Å². The Balaban J connectivity index is 1.89. The summed E-state index contributed by atoms with van der Waals surface area (Å²) in [6, 6.07) is 8.64. The van der Waals surface area contributed by atoms with Crippen molar-refractivity contribution in [3.63, 3.8) is 0 Å². The lowest BCUT2D eigenvalue weighted by Gasteiger charge is -2.18. The van der Waals surface area contributed by atoms with Gasteiger partial charge in [0.05, 0.1) is 5.69 Å². The van der Waals surface area contributed by atoms with Crippen LogP contribution >= 0.6 is 11.3 Å². The first kappa shape index (κ1) is 14.1. The highest BCUT2D eigenvalue weighted by Gasteiger charge is 2.16. The highest BCUT2D eigenvalue weighted by Crippen LogP contribution is 2.25. The monoisotopic (exact) mass is 300 g/mol. The molecule has 0 bridgehead atoms. The second kappa shape index (κ2) is 5.87. The molecule has 0 saturated carbocycles. The lowest BCUT2D eigenvalue weighted by atomic mass is 10.1. The molecule has 0 saturated heterocycles. The second-order valence-electron chi connectivity index (χ2n) is 5.32. The maximum Gasteiger partial charge on any atom is 0.195 e. The van der Waals surface area contributed by atoms with E-state index in [-0.39, 0.29) is 0 Å². The minimum Gasteiger partial charge on any atom is -0.354 e. The average molecular weight is 300 g/mol. The molecule has 0 unspecified atom stereocenters. The van der Waals surface area contributed by atoms with E-state index in [4.69, 9.17) is 10.7 Å². The molecule has 4 nitrogen and oxygen atoms in total. The van der Waals surface area contributed by atoms with Crippen molar-refractivity contribution in [3.05, 3.63) is 52.7 Å². The number of benzene rings is 1. The predicted octanol–water partition coefficient (Wildman–Crippen LogP) is 2.84. The van der Waals surface area contributed by atoms with Crippen molar-refractivity contribution < 1.29 is 0 Å². The van der Waals surface area contributed by atoms with E-state index < -0.39 is 0 Å². The lowest BCUT2D eigenvalue weighted by Crippen LogP contribution is -2.19. The summed E-state index contributed by atoms with van der Waals surface area (Å²) in [5, 5.41) is 2.06. The number of anilines is 1. The summed E-state index contributed by atoms with van der Waals surface area (Å²) < 4.78 is 2.15. The Morgan fingerprint density at radius 2 is 2.05 bits per heavy atom. The van der Waals surface area contributed by atoms with Crippen molar-refractivity contribution >= 4 is 22.1 Å². The summed E-state index contributed by atoms with van der Waals surface area (Å²) in [6.45, 7) is 3.59. The van der Waals surface area contributed by atoms with E-state index in [1.807, 2.05) is 0 Å². The third kappa shape index (κ3) is 2.80. The summed E-state index contributed by atoms with van der Waals surface area (Å²) in [5.74, 6) is 1.04. The number of hydrogen-bond acceptors (Lipinski definition) is 4. The molecule has 3 aromatic rings. The number of rotatable bonds is 5. The molecule has 0 radical (unpaired) electrons. The van der Waals surface area contributed by atoms with E-state index in [2.05, 4.69) is 59.1 Å². The topological polar surface area (TPSA) is 46.6 Å². The fourth-order valence-electron chi connectivity index (χ4n) is 2.54. The van der Waals surface area contributed by atoms with Crippen LogP contribution in [0.25, 0.3) is 4.96 Å². The standard InChI is InChI=1S/C16H20N4S/c1-12-3-5-13(6-4-12)11-19(2)15-14(7-8-17)20-9-10-21-16(20)18-15/h3-6,9-10H,7-8,11,17H2,1-2H3. The van der Waals surface area contributed by atoms with Gasteiger partial charge < -0.3 is 10.6 Å². The molecule has 2 aromatic heterocycles. The van der Waals surface area contributed by atoms with Crippen LogP contribution in [0.5, 0.6) is 0 Å². The molecule has 0 amide bonds. The molecule has 0 aliphatic rings. The Morgan fingerprint density at radius 3 is 2.76 bits per heavy atom. The molecule has 3 rings (SSSR count). The minimum atomic E-state index is 0.634. The van der Waals surface area contributed by atoms with Gasteiger partial charge >= 0.3 is 0 Å².